The second kappa shape index (κ2) is 5.22. The number of aryl methyl sites for hydroxylation is 3. The number of hydrogen-bond donors (Lipinski definition) is 1. The number of rotatable bonds is 3. The third-order valence-electron chi connectivity index (χ3n) is 2.96. The Bertz CT molecular complexity index is 603. The molecule has 5 nitrogen and oxygen atoms in total. The summed E-state index contributed by atoms with van der Waals surface area (Å²) in [6, 6.07) is 5.23. The monoisotopic (exact) mass is 258 g/mol. The average Bonchev–Trinajstić information content (AvgIpc) is 2.67. The highest BCUT2D eigenvalue weighted by atomic mass is 16.2. The van der Waals surface area contributed by atoms with E-state index in [9.17, 15) is 4.79 Å². The van der Waals surface area contributed by atoms with Crippen LogP contribution in [0.4, 0.5) is 5.69 Å². The number of aromatic nitrogens is 3. The minimum atomic E-state index is -0.345. The van der Waals surface area contributed by atoms with Crippen LogP contribution in [0.5, 0.6) is 0 Å². The first-order chi connectivity index (χ1) is 8.97. The molecule has 0 spiro atoms. The molecule has 19 heavy (non-hydrogen) atoms. The molecule has 1 N–H and O–H groups in total. The smallest absolute Gasteiger partial charge is 0.248 e. The molecule has 2 aromatic rings. The van der Waals surface area contributed by atoms with Crippen molar-refractivity contribution in [2.45, 2.75) is 33.7 Å². The van der Waals surface area contributed by atoms with Gasteiger partial charge in [0.05, 0.1) is 5.69 Å². The molecule has 0 aromatic carbocycles. The van der Waals surface area contributed by atoms with E-state index in [0.29, 0.717) is 0 Å². The van der Waals surface area contributed by atoms with Gasteiger partial charge in [-0.3, -0.25) is 14.5 Å². The highest BCUT2D eigenvalue weighted by molar-refractivity contribution is 5.93. The Morgan fingerprint density at radius 3 is 2.58 bits per heavy atom. The standard InChI is InChI=1S/C14H18N4O/c1-9-8-13(5-6-15-9)16-14(19)12(4)18-11(3)7-10(2)17-18/h5-8,12H,1-4H3,(H,15,16,19)/t12-/m1/s1. The largest absolute Gasteiger partial charge is 0.324 e. The minimum Gasteiger partial charge on any atom is -0.324 e. The van der Waals surface area contributed by atoms with Crippen molar-refractivity contribution >= 4 is 11.6 Å². The molecule has 1 amide bonds. The molecule has 2 rings (SSSR count). The van der Waals surface area contributed by atoms with Crippen molar-refractivity contribution in [1.82, 2.24) is 14.8 Å². The summed E-state index contributed by atoms with van der Waals surface area (Å²) in [6.07, 6.45) is 1.68. The van der Waals surface area contributed by atoms with Gasteiger partial charge in [0, 0.05) is 23.3 Å². The molecule has 1 atom stereocenters. The lowest BCUT2D eigenvalue weighted by Gasteiger charge is -2.14. The molecule has 0 saturated carbocycles. The normalized spacial score (nSPS) is 12.2. The van der Waals surface area contributed by atoms with Gasteiger partial charge in [0.1, 0.15) is 6.04 Å². The summed E-state index contributed by atoms with van der Waals surface area (Å²) in [6.45, 7) is 7.59. The Balaban J connectivity index is 2.14. The number of carbonyl (C=O) groups is 1. The molecule has 0 bridgehead atoms. The van der Waals surface area contributed by atoms with Crippen molar-refractivity contribution in [3.63, 3.8) is 0 Å². The SMILES string of the molecule is Cc1cc(NC(=O)[C@@H](C)n2nc(C)cc2C)ccn1. The van der Waals surface area contributed by atoms with Crippen molar-refractivity contribution < 1.29 is 4.79 Å². The first-order valence-corrected chi connectivity index (χ1v) is 6.23. The molecule has 0 unspecified atom stereocenters. The molecular formula is C14H18N4O. The van der Waals surface area contributed by atoms with Gasteiger partial charge in [0.25, 0.3) is 0 Å². The fourth-order valence-electron chi connectivity index (χ4n) is 2.02. The maximum Gasteiger partial charge on any atom is 0.248 e. The van der Waals surface area contributed by atoms with Gasteiger partial charge >= 0.3 is 0 Å². The van der Waals surface area contributed by atoms with Crippen molar-refractivity contribution in [2.75, 3.05) is 5.32 Å². The lowest BCUT2D eigenvalue weighted by atomic mass is 10.2. The Labute approximate surface area is 112 Å². The van der Waals surface area contributed by atoms with E-state index >= 15 is 0 Å². The van der Waals surface area contributed by atoms with Crippen molar-refractivity contribution in [2.24, 2.45) is 0 Å². The lowest BCUT2D eigenvalue weighted by molar-refractivity contribution is -0.119. The summed E-state index contributed by atoms with van der Waals surface area (Å²) in [5.41, 5.74) is 3.52. The molecule has 2 heterocycles. The van der Waals surface area contributed by atoms with Gasteiger partial charge in [0.15, 0.2) is 0 Å². The first-order valence-electron chi connectivity index (χ1n) is 6.23. The number of amides is 1. The number of anilines is 1. The van der Waals surface area contributed by atoms with Crippen LogP contribution in [0.2, 0.25) is 0 Å². The summed E-state index contributed by atoms with van der Waals surface area (Å²) in [4.78, 5) is 16.3. The van der Waals surface area contributed by atoms with Crippen LogP contribution in [-0.2, 0) is 4.79 Å². The molecule has 100 valence electrons. The zero-order chi connectivity index (χ0) is 14.0. The molecule has 0 radical (unpaired) electrons. The summed E-state index contributed by atoms with van der Waals surface area (Å²) in [5.74, 6) is -0.0863. The lowest BCUT2D eigenvalue weighted by Crippen LogP contribution is -2.25. The molecule has 0 saturated heterocycles. The molecule has 0 fully saturated rings. The zero-order valence-electron chi connectivity index (χ0n) is 11.6. The van der Waals surface area contributed by atoms with Crippen LogP contribution in [0.1, 0.15) is 30.0 Å². The van der Waals surface area contributed by atoms with Crippen LogP contribution in [-0.4, -0.2) is 20.7 Å². The van der Waals surface area contributed by atoms with Crippen molar-refractivity contribution in [3.8, 4) is 0 Å². The molecular weight excluding hydrogens is 240 g/mol. The average molecular weight is 258 g/mol. The van der Waals surface area contributed by atoms with E-state index in [-0.39, 0.29) is 11.9 Å². The van der Waals surface area contributed by atoms with Crippen LogP contribution in [0.25, 0.3) is 0 Å². The summed E-state index contributed by atoms with van der Waals surface area (Å²) >= 11 is 0. The molecule has 0 aliphatic carbocycles. The highest BCUT2D eigenvalue weighted by Crippen LogP contribution is 2.14. The molecule has 0 aliphatic rings. The Morgan fingerprint density at radius 1 is 1.26 bits per heavy atom. The third kappa shape index (κ3) is 2.99. The number of nitrogens with zero attached hydrogens (tertiary/aromatic N) is 3. The van der Waals surface area contributed by atoms with Gasteiger partial charge in [-0.2, -0.15) is 5.10 Å². The third-order valence-corrected chi connectivity index (χ3v) is 2.96. The molecule has 2 aromatic heterocycles. The predicted octanol–water partition coefficient (Wildman–Crippen LogP) is 2.40. The number of hydrogen-bond acceptors (Lipinski definition) is 3. The van der Waals surface area contributed by atoms with Crippen LogP contribution in [0.15, 0.2) is 24.4 Å². The van der Waals surface area contributed by atoms with Crippen LogP contribution < -0.4 is 5.32 Å². The van der Waals surface area contributed by atoms with Crippen molar-refractivity contribution in [1.29, 1.82) is 0 Å². The number of carbonyl (C=O) groups excluding carboxylic acids is 1. The topological polar surface area (TPSA) is 59.8 Å². The van der Waals surface area contributed by atoms with Crippen LogP contribution in [0.3, 0.4) is 0 Å². The van der Waals surface area contributed by atoms with Gasteiger partial charge in [-0.05, 0) is 45.9 Å². The van der Waals surface area contributed by atoms with Gasteiger partial charge in [-0.1, -0.05) is 0 Å². The maximum absolute atomic E-state index is 12.2. The van der Waals surface area contributed by atoms with E-state index in [2.05, 4.69) is 15.4 Å². The Hall–Kier alpha value is -2.17. The maximum atomic E-state index is 12.2. The van der Waals surface area contributed by atoms with E-state index in [1.54, 1.807) is 16.9 Å². The quantitative estimate of drug-likeness (QED) is 0.919. The van der Waals surface area contributed by atoms with Gasteiger partial charge < -0.3 is 5.32 Å². The highest BCUT2D eigenvalue weighted by Gasteiger charge is 2.17. The number of pyridine rings is 1. The van der Waals surface area contributed by atoms with E-state index in [0.717, 1.165) is 22.8 Å². The van der Waals surface area contributed by atoms with Crippen LogP contribution >= 0.6 is 0 Å². The second-order valence-corrected chi connectivity index (χ2v) is 4.72. The summed E-state index contributed by atoms with van der Waals surface area (Å²) < 4.78 is 1.73. The van der Waals surface area contributed by atoms with Gasteiger partial charge in [0.2, 0.25) is 5.91 Å². The molecule has 0 aliphatic heterocycles. The Kier molecular flexibility index (Phi) is 3.64. The Morgan fingerprint density at radius 2 is 2.00 bits per heavy atom. The fourth-order valence-corrected chi connectivity index (χ4v) is 2.02. The van der Waals surface area contributed by atoms with Crippen molar-refractivity contribution in [3.05, 3.63) is 41.5 Å². The summed E-state index contributed by atoms with van der Waals surface area (Å²) in [5, 5.41) is 7.21. The number of nitrogens with one attached hydrogen (secondary N) is 1. The van der Waals surface area contributed by atoms with E-state index in [1.165, 1.54) is 0 Å². The van der Waals surface area contributed by atoms with E-state index in [4.69, 9.17) is 0 Å². The zero-order valence-corrected chi connectivity index (χ0v) is 11.6. The van der Waals surface area contributed by atoms with E-state index in [1.807, 2.05) is 39.8 Å². The van der Waals surface area contributed by atoms with Gasteiger partial charge in [-0.15, -0.1) is 0 Å². The summed E-state index contributed by atoms with van der Waals surface area (Å²) in [7, 11) is 0. The van der Waals surface area contributed by atoms with E-state index < -0.39 is 0 Å². The van der Waals surface area contributed by atoms with Gasteiger partial charge in [-0.25, -0.2) is 0 Å². The fraction of sp³-hybridized carbons (Fsp3) is 0.357. The first kappa shape index (κ1) is 13.3. The molecule has 5 heteroatoms. The minimum absolute atomic E-state index is 0.0863. The van der Waals surface area contributed by atoms with Crippen LogP contribution in [0, 0.1) is 20.8 Å². The second-order valence-electron chi connectivity index (χ2n) is 4.72. The predicted molar refractivity (Wildman–Crippen MR) is 74.0 cm³/mol.